The molecule has 0 aliphatic carbocycles. The second-order valence-electron chi connectivity index (χ2n) is 20.0. The van der Waals surface area contributed by atoms with Gasteiger partial charge in [0.25, 0.3) is 0 Å². The molecule has 4 aliphatic rings. The van der Waals surface area contributed by atoms with E-state index in [-0.39, 0.29) is 68.2 Å². The van der Waals surface area contributed by atoms with Crippen molar-refractivity contribution in [3.05, 3.63) is 213 Å². The number of fused-ring (bicyclic) bond motifs is 20. The van der Waals surface area contributed by atoms with Gasteiger partial charge in [-0.2, -0.15) is 0 Å². The standard InChI is InChI=1S/2C33H20O9/c1-16(34)39-25-14-27-29(21-9-5-3-7-19(21)25)33(24-12-11-18(31(36)37)13-23(24)32(38)42-33)30-22-10-6-4-8-20(22)26(40-17(2)35)15-28(30)41-27;1-16(34)39-25-14-27-29(21-9-5-3-7-19(21)25)33(24-13-18(31(36)37)11-12-23(24)32(38)42-33)30-22-10-6-4-8-20(22)26(40-17(2)35)15-28(30)41-27/h2*3-15H,1-2H3,(H,36,37). The molecule has 0 aromatic heterocycles. The molecule has 0 saturated carbocycles. The molecule has 4 aliphatic heterocycles. The van der Waals surface area contributed by atoms with Gasteiger partial charge in [-0.15, -0.1) is 0 Å². The van der Waals surface area contributed by atoms with Crippen LogP contribution in [0, 0.1) is 0 Å². The molecule has 0 bridgehead atoms. The predicted octanol–water partition coefficient (Wildman–Crippen LogP) is 12.2. The summed E-state index contributed by atoms with van der Waals surface area (Å²) < 4.78 is 47.9. The average Bonchev–Trinajstić information content (AvgIpc) is 1.37. The second-order valence-corrected chi connectivity index (χ2v) is 20.0. The SMILES string of the molecule is CC(=O)Oc1cc2c(c3ccccc13)C1(OC(=O)c3cc(C(=O)O)ccc31)c1c(cc(OC(C)=O)c3ccccc13)O2.CC(=O)Oc1cc2c(c3ccccc13)C1(OC(=O)c3ccc(C(=O)O)cc31)c1c(cc(OC(C)=O)c3ccccc13)O2. The van der Waals surface area contributed by atoms with E-state index in [9.17, 15) is 48.6 Å². The molecule has 2 spiro atoms. The fraction of sp³-hybridized carbons (Fsp3) is 0.0909. The molecule has 412 valence electrons. The molecular formula is C66H40O18. The lowest BCUT2D eigenvalue weighted by molar-refractivity contribution is -0.132. The number of ether oxygens (including phenoxy) is 8. The van der Waals surface area contributed by atoms with E-state index in [0.29, 0.717) is 76.5 Å². The minimum Gasteiger partial charge on any atom is -0.478 e. The van der Waals surface area contributed by atoms with Crippen LogP contribution in [0.3, 0.4) is 0 Å². The maximum atomic E-state index is 13.6. The number of carbonyl (C=O) groups excluding carboxylic acids is 6. The Bertz CT molecular complexity index is 4500. The van der Waals surface area contributed by atoms with Crippen LogP contribution in [-0.2, 0) is 39.9 Å². The Morgan fingerprint density at radius 1 is 0.357 bits per heavy atom. The van der Waals surface area contributed by atoms with Gasteiger partial charge in [0.15, 0.2) is 11.2 Å². The Morgan fingerprint density at radius 2 is 0.655 bits per heavy atom. The first-order valence-corrected chi connectivity index (χ1v) is 25.9. The molecule has 18 heteroatoms. The monoisotopic (exact) mass is 1120 g/mol. The maximum absolute atomic E-state index is 13.6. The summed E-state index contributed by atoms with van der Waals surface area (Å²) in [4.78, 5) is 99.3. The zero-order valence-corrected chi connectivity index (χ0v) is 44.4. The van der Waals surface area contributed by atoms with E-state index in [4.69, 9.17) is 37.9 Å². The van der Waals surface area contributed by atoms with Crippen LogP contribution < -0.4 is 28.4 Å². The first-order valence-electron chi connectivity index (χ1n) is 25.9. The Morgan fingerprint density at radius 3 is 0.988 bits per heavy atom. The van der Waals surface area contributed by atoms with E-state index in [1.807, 2.05) is 12.1 Å². The number of carbonyl (C=O) groups is 8. The largest absolute Gasteiger partial charge is 0.478 e. The van der Waals surface area contributed by atoms with Gasteiger partial charge in [-0.1, -0.05) is 103 Å². The molecule has 0 radical (unpaired) electrons. The zero-order valence-electron chi connectivity index (χ0n) is 44.4. The fourth-order valence-electron chi connectivity index (χ4n) is 12.0. The molecule has 0 atom stereocenters. The Labute approximate surface area is 473 Å². The Hall–Kier alpha value is -11.4. The van der Waals surface area contributed by atoms with Crippen LogP contribution in [0.5, 0.6) is 46.0 Å². The van der Waals surface area contributed by atoms with Gasteiger partial charge in [0.2, 0.25) is 0 Å². The summed E-state index contributed by atoms with van der Waals surface area (Å²) in [5.41, 5.74) is -0.558. The van der Waals surface area contributed by atoms with Crippen LogP contribution in [0.25, 0.3) is 43.1 Å². The summed E-state index contributed by atoms with van der Waals surface area (Å²) in [5.74, 6) is -4.06. The molecule has 10 aromatic carbocycles. The van der Waals surface area contributed by atoms with Crippen molar-refractivity contribution in [2.45, 2.75) is 38.9 Å². The van der Waals surface area contributed by atoms with Crippen LogP contribution in [0.2, 0.25) is 0 Å². The number of aromatic carboxylic acids is 2. The first kappa shape index (κ1) is 52.0. The number of hydrogen-bond donors (Lipinski definition) is 2. The average molecular weight is 1120 g/mol. The van der Waals surface area contributed by atoms with E-state index < -0.39 is 59.0 Å². The van der Waals surface area contributed by atoms with Crippen molar-refractivity contribution in [3.8, 4) is 46.0 Å². The second kappa shape index (κ2) is 19.1. The Balaban J connectivity index is 0.000000157. The fourth-order valence-corrected chi connectivity index (χ4v) is 12.0. The molecule has 14 rings (SSSR count). The van der Waals surface area contributed by atoms with Gasteiger partial charge < -0.3 is 48.1 Å². The summed E-state index contributed by atoms with van der Waals surface area (Å²) in [5, 5.41) is 24.1. The normalized spacial score (nSPS) is 14.0. The number of benzene rings is 10. The van der Waals surface area contributed by atoms with Gasteiger partial charge in [0.1, 0.15) is 46.0 Å². The minimum absolute atomic E-state index is 0.0392. The lowest BCUT2D eigenvalue weighted by Gasteiger charge is -2.38. The topological polar surface area (TPSA) is 251 Å². The van der Waals surface area contributed by atoms with Crippen LogP contribution in [0.1, 0.15) is 103 Å². The van der Waals surface area contributed by atoms with E-state index in [1.54, 1.807) is 103 Å². The quantitative estimate of drug-likeness (QED) is 0.116. The smallest absolute Gasteiger partial charge is 0.340 e. The highest BCUT2D eigenvalue weighted by atomic mass is 16.6. The number of rotatable bonds is 6. The molecule has 84 heavy (non-hydrogen) atoms. The molecule has 10 aromatic rings. The van der Waals surface area contributed by atoms with Gasteiger partial charge in [0, 0.05) is 84.6 Å². The molecular weight excluding hydrogens is 1080 g/mol. The molecule has 4 heterocycles. The van der Waals surface area contributed by atoms with Crippen molar-refractivity contribution in [1.29, 1.82) is 0 Å². The van der Waals surface area contributed by atoms with Crippen molar-refractivity contribution in [3.63, 3.8) is 0 Å². The lowest BCUT2D eigenvalue weighted by Crippen LogP contribution is -2.34. The van der Waals surface area contributed by atoms with Crippen LogP contribution in [-0.4, -0.2) is 58.0 Å². The molecule has 0 unspecified atom stereocenters. The van der Waals surface area contributed by atoms with E-state index in [2.05, 4.69) is 0 Å². The maximum Gasteiger partial charge on any atom is 0.340 e. The number of carboxylic acids is 2. The summed E-state index contributed by atoms with van der Waals surface area (Å²) in [6.07, 6.45) is 0. The summed E-state index contributed by atoms with van der Waals surface area (Å²) in [7, 11) is 0. The van der Waals surface area contributed by atoms with Gasteiger partial charge in [-0.05, 0) is 51.9 Å². The van der Waals surface area contributed by atoms with E-state index >= 15 is 0 Å². The molecule has 0 amide bonds. The van der Waals surface area contributed by atoms with Gasteiger partial charge in [-0.3, -0.25) is 19.2 Å². The predicted molar refractivity (Wildman–Crippen MR) is 299 cm³/mol. The number of esters is 6. The van der Waals surface area contributed by atoms with Crippen molar-refractivity contribution in [1.82, 2.24) is 0 Å². The highest BCUT2D eigenvalue weighted by Crippen LogP contribution is 2.63. The van der Waals surface area contributed by atoms with Crippen LogP contribution in [0.4, 0.5) is 0 Å². The summed E-state index contributed by atoms with van der Waals surface area (Å²) >= 11 is 0. The van der Waals surface area contributed by atoms with Crippen LogP contribution in [0.15, 0.2) is 158 Å². The zero-order chi connectivity index (χ0) is 58.7. The Kier molecular flexibility index (Phi) is 11.8. The first-order chi connectivity index (χ1) is 40.4. The van der Waals surface area contributed by atoms with E-state index in [1.165, 1.54) is 70.2 Å². The third-order valence-electron chi connectivity index (χ3n) is 15.0. The summed E-state index contributed by atoms with van der Waals surface area (Å²) in [6.45, 7) is 5.15. The lowest BCUT2D eigenvalue weighted by atomic mass is 9.73. The molecule has 18 nitrogen and oxygen atoms in total. The van der Waals surface area contributed by atoms with Crippen molar-refractivity contribution in [2.24, 2.45) is 0 Å². The van der Waals surface area contributed by atoms with Gasteiger partial charge in [0.05, 0.1) is 44.5 Å². The number of carboxylic acid groups (broad SMARTS) is 2. The number of hydrogen-bond acceptors (Lipinski definition) is 16. The highest BCUT2D eigenvalue weighted by molar-refractivity contribution is 6.09. The molecule has 0 saturated heterocycles. The minimum atomic E-state index is -1.68. The van der Waals surface area contributed by atoms with Crippen molar-refractivity contribution in [2.75, 3.05) is 0 Å². The van der Waals surface area contributed by atoms with Gasteiger partial charge in [-0.25, -0.2) is 19.2 Å². The highest BCUT2D eigenvalue weighted by Gasteiger charge is 2.58. The third kappa shape index (κ3) is 7.86. The van der Waals surface area contributed by atoms with Crippen LogP contribution >= 0.6 is 0 Å². The third-order valence-corrected chi connectivity index (χ3v) is 15.0. The van der Waals surface area contributed by atoms with Crippen molar-refractivity contribution < 1.29 is 86.5 Å². The molecule has 0 fully saturated rings. The molecule has 2 N–H and O–H groups in total. The summed E-state index contributed by atoms with van der Waals surface area (Å²) in [6, 6.07) is 43.3. The van der Waals surface area contributed by atoms with E-state index in [0.717, 1.165) is 0 Å². The van der Waals surface area contributed by atoms with Crippen molar-refractivity contribution >= 4 is 90.8 Å². The van der Waals surface area contributed by atoms with Gasteiger partial charge >= 0.3 is 47.8 Å².